The Kier molecular flexibility index (Phi) is 6.80. The standard InChI is InChI=1S/C52H31NO2S/c1-2-10-40-32(9-1)23-29-43-50-38(13-7-16-47(50)55-52(40)43)33-19-24-35(25-20-33)53(37-28-30-46-44(31-37)41-11-3-5-15-45(41)54-46)36-26-21-34(22-27-36)39-14-8-18-49-51(39)42-12-4-6-17-48(42)56-49/h1-31H. The molecule has 0 aliphatic rings. The van der Waals surface area contributed by atoms with Crippen molar-refractivity contribution >= 4 is 103 Å². The maximum atomic E-state index is 6.53. The third-order valence-electron chi connectivity index (χ3n) is 11.3. The Labute approximate surface area is 325 Å². The van der Waals surface area contributed by atoms with E-state index in [1.165, 1.54) is 36.7 Å². The largest absolute Gasteiger partial charge is 0.456 e. The average Bonchev–Trinajstić information content (AvgIpc) is 3.96. The lowest BCUT2D eigenvalue weighted by atomic mass is 9.97. The predicted octanol–water partition coefficient (Wildman–Crippen LogP) is 15.8. The fourth-order valence-corrected chi connectivity index (χ4v) is 9.82. The normalized spacial score (nSPS) is 11.9. The molecular formula is C52H31NO2S. The van der Waals surface area contributed by atoms with Crippen LogP contribution in [0.1, 0.15) is 0 Å². The Hall–Kier alpha value is -7.14. The number of fused-ring (bicyclic) bond motifs is 11. The van der Waals surface area contributed by atoms with Crippen LogP contribution in [0.4, 0.5) is 17.1 Å². The minimum atomic E-state index is 0.880. The smallest absolute Gasteiger partial charge is 0.143 e. The highest BCUT2D eigenvalue weighted by Gasteiger charge is 2.19. The second-order valence-electron chi connectivity index (χ2n) is 14.4. The van der Waals surface area contributed by atoms with E-state index in [-0.39, 0.29) is 0 Å². The van der Waals surface area contributed by atoms with Gasteiger partial charge in [0, 0.05) is 64.2 Å². The number of para-hydroxylation sites is 1. The van der Waals surface area contributed by atoms with Gasteiger partial charge in [-0.05, 0) is 100 Å². The second kappa shape index (κ2) is 12.2. The van der Waals surface area contributed by atoms with Gasteiger partial charge in [0.15, 0.2) is 0 Å². The Balaban J connectivity index is 0.996. The number of hydrogen-bond acceptors (Lipinski definition) is 4. The highest BCUT2D eigenvalue weighted by Crippen LogP contribution is 2.44. The number of nitrogens with zero attached hydrogens (tertiary/aromatic N) is 1. The molecule has 0 amide bonds. The fraction of sp³-hybridized carbons (Fsp3) is 0. The minimum absolute atomic E-state index is 0.880. The van der Waals surface area contributed by atoms with Crippen LogP contribution in [0, 0.1) is 0 Å². The molecule has 3 heterocycles. The van der Waals surface area contributed by atoms with Gasteiger partial charge in [-0.15, -0.1) is 11.3 Å². The van der Waals surface area contributed by atoms with E-state index in [0.29, 0.717) is 0 Å². The summed E-state index contributed by atoms with van der Waals surface area (Å²) >= 11 is 1.86. The molecule has 4 heteroatoms. The van der Waals surface area contributed by atoms with E-state index in [2.05, 4.69) is 181 Å². The lowest BCUT2D eigenvalue weighted by molar-refractivity contribution is 0.669. The quantitative estimate of drug-likeness (QED) is 0.176. The molecule has 0 unspecified atom stereocenters. The number of thiophene rings is 1. The average molecular weight is 734 g/mol. The fourth-order valence-electron chi connectivity index (χ4n) is 8.69. The molecule has 0 radical (unpaired) electrons. The molecule has 9 aromatic carbocycles. The molecule has 56 heavy (non-hydrogen) atoms. The SMILES string of the molecule is c1ccc2c(c1)ccc1c2oc2cccc(-c3ccc(N(c4ccc(-c5cccc6sc7ccccc7c56)cc4)c4ccc5oc6ccccc6c5c4)cc3)c21. The highest BCUT2D eigenvalue weighted by molar-refractivity contribution is 7.25. The molecule has 0 bridgehead atoms. The Bertz CT molecular complexity index is 3480. The third kappa shape index (κ3) is 4.76. The van der Waals surface area contributed by atoms with Crippen molar-refractivity contribution in [2.24, 2.45) is 0 Å². The van der Waals surface area contributed by atoms with Gasteiger partial charge in [-0.25, -0.2) is 0 Å². The van der Waals surface area contributed by atoms with E-state index in [0.717, 1.165) is 77.5 Å². The van der Waals surface area contributed by atoms with Gasteiger partial charge in [-0.2, -0.15) is 0 Å². The summed E-state index contributed by atoms with van der Waals surface area (Å²) in [5.41, 5.74) is 11.5. The molecule has 0 saturated heterocycles. The number of hydrogen-bond donors (Lipinski definition) is 0. The van der Waals surface area contributed by atoms with Gasteiger partial charge in [0.2, 0.25) is 0 Å². The van der Waals surface area contributed by atoms with Crippen molar-refractivity contribution in [3.63, 3.8) is 0 Å². The van der Waals surface area contributed by atoms with Crippen LogP contribution in [0.2, 0.25) is 0 Å². The van der Waals surface area contributed by atoms with Crippen LogP contribution >= 0.6 is 11.3 Å². The molecule has 0 fully saturated rings. The molecule has 0 atom stereocenters. The van der Waals surface area contributed by atoms with Gasteiger partial charge in [0.1, 0.15) is 22.3 Å². The zero-order valence-electron chi connectivity index (χ0n) is 30.1. The van der Waals surface area contributed by atoms with Crippen molar-refractivity contribution < 1.29 is 8.83 Å². The first-order valence-electron chi connectivity index (χ1n) is 18.9. The van der Waals surface area contributed by atoms with E-state index < -0.39 is 0 Å². The third-order valence-corrected chi connectivity index (χ3v) is 12.4. The maximum absolute atomic E-state index is 6.53. The second-order valence-corrected chi connectivity index (χ2v) is 15.5. The number of furan rings is 2. The maximum Gasteiger partial charge on any atom is 0.143 e. The van der Waals surface area contributed by atoms with Crippen LogP contribution in [0.5, 0.6) is 0 Å². The van der Waals surface area contributed by atoms with E-state index in [1.54, 1.807) is 0 Å². The molecule has 12 rings (SSSR count). The summed E-state index contributed by atoms with van der Waals surface area (Å²) in [6.45, 7) is 0. The lowest BCUT2D eigenvalue weighted by Crippen LogP contribution is -2.09. The number of anilines is 3. The van der Waals surface area contributed by atoms with Crippen molar-refractivity contribution in [3.05, 3.63) is 188 Å². The summed E-state index contributed by atoms with van der Waals surface area (Å²) in [6, 6.07) is 67.3. The van der Waals surface area contributed by atoms with Crippen molar-refractivity contribution in [3.8, 4) is 22.3 Å². The molecule has 262 valence electrons. The van der Waals surface area contributed by atoms with Gasteiger partial charge in [0.25, 0.3) is 0 Å². The van der Waals surface area contributed by atoms with Gasteiger partial charge in [0.05, 0.1) is 0 Å². The molecule has 3 aromatic heterocycles. The summed E-state index contributed by atoms with van der Waals surface area (Å²) in [6.07, 6.45) is 0. The van der Waals surface area contributed by atoms with E-state index >= 15 is 0 Å². The van der Waals surface area contributed by atoms with E-state index in [4.69, 9.17) is 8.83 Å². The summed E-state index contributed by atoms with van der Waals surface area (Å²) in [7, 11) is 0. The van der Waals surface area contributed by atoms with Gasteiger partial charge < -0.3 is 13.7 Å². The van der Waals surface area contributed by atoms with Crippen molar-refractivity contribution in [1.29, 1.82) is 0 Å². The van der Waals surface area contributed by atoms with Crippen LogP contribution in [-0.2, 0) is 0 Å². The molecule has 0 N–H and O–H groups in total. The van der Waals surface area contributed by atoms with Crippen LogP contribution < -0.4 is 4.90 Å². The first-order valence-corrected chi connectivity index (χ1v) is 19.7. The number of benzene rings is 9. The topological polar surface area (TPSA) is 29.5 Å². The van der Waals surface area contributed by atoms with Gasteiger partial charge >= 0.3 is 0 Å². The summed E-state index contributed by atoms with van der Waals surface area (Å²) < 4.78 is 15.4. The molecule has 12 aromatic rings. The Morgan fingerprint density at radius 2 is 0.964 bits per heavy atom. The molecule has 0 aliphatic carbocycles. The summed E-state index contributed by atoms with van der Waals surface area (Å²) in [5, 5.41) is 9.41. The zero-order valence-corrected chi connectivity index (χ0v) is 30.9. The molecule has 0 saturated carbocycles. The van der Waals surface area contributed by atoms with Crippen LogP contribution in [0.25, 0.3) is 97.1 Å². The monoisotopic (exact) mass is 733 g/mol. The highest BCUT2D eigenvalue weighted by atomic mass is 32.1. The van der Waals surface area contributed by atoms with Crippen molar-refractivity contribution in [2.45, 2.75) is 0 Å². The first kappa shape index (κ1) is 31.2. The van der Waals surface area contributed by atoms with E-state index in [9.17, 15) is 0 Å². The minimum Gasteiger partial charge on any atom is -0.456 e. The van der Waals surface area contributed by atoms with Crippen LogP contribution in [-0.4, -0.2) is 0 Å². The summed E-state index contributed by atoms with van der Waals surface area (Å²) in [5.74, 6) is 0. The first-order chi connectivity index (χ1) is 27.7. The lowest BCUT2D eigenvalue weighted by Gasteiger charge is -2.26. The zero-order chi connectivity index (χ0) is 36.7. The van der Waals surface area contributed by atoms with Crippen LogP contribution in [0.15, 0.2) is 197 Å². The number of rotatable bonds is 5. The van der Waals surface area contributed by atoms with Crippen molar-refractivity contribution in [2.75, 3.05) is 4.90 Å². The molecular weight excluding hydrogens is 703 g/mol. The van der Waals surface area contributed by atoms with Crippen LogP contribution in [0.3, 0.4) is 0 Å². The molecule has 0 spiro atoms. The van der Waals surface area contributed by atoms with Gasteiger partial charge in [-0.1, -0.05) is 115 Å². The summed E-state index contributed by atoms with van der Waals surface area (Å²) in [4.78, 5) is 2.34. The van der Waals surface area contributed by atoms with Gasteiger partial charge in [-0.3, -0.25) is 0 Å². The van der Waals surface area contributed by atoms with E-state index in [1.807, 2.05) is 23.5 Å². The molecule has 3 nitrogen and oxygen atoms in total. The van der Waals surface area contributed by atoms with Crippen molar-refractivity contribution in [1.82, 2.24) is 0 Å². The predicted molar refractivity (Wildman–Crippen MR) is 237 cm³/mol. The molecule has 0 aliphatic heterocycles. The Morgan fingerprint density at radius 1 is 0.357 bits per heavy atom. The Morgan fingerprint density at radius 3 is 1.77 bits per heavy atom.